The molecule has 0 radical (unpaired) electrons. The first-order valence-electron chi connectivity index (χ1n) is 12.2. The van der Waals surface area contributed by atoms with Crippen molar-refractivity contribution in [3.63, 3.8) is 0 Å². The minimum Gasteiger partial charge on any atom is -0.497 e. The van der Waals surface area contributed by atoms with Crippen molar-refractivity contribution >= 4 is 27.0 Å². The second kappa shape index (κ2) is 7.83. The van der Waals surface area contributed by atoms with E-state index in [1.165, 1.54) is 19.1 Å². The van der Waals surface area contributed by atoms with Gasteiger partial charge in [-0.05, 0) is 66.6 Å². The van der Waals surface area contributed by atoms with E-state index in [4.69, 9.17) is 9.47 Å². The van der Waals surface area contributed by atoms with E-state index in [9.17, 15) is 17.8 Å². The van der Waals surface area contributed by atoms with Crippen molar-refractivity contribution in [2.75, 3.05) is 14.2 Å². The van der Waals surface area contributed by atoms with Crippen LogP contribution in [0.25, 0.3) is 22.2 Å². The third-order valence-electron chi connectivity index (χ3n) is 8.39. The van der Waals surface area contributed by atoms with E-state index in [2.05, 4.69) is 0 Å². The van der Waals surface area contributed by atoms with Crippen LogP contribution in [0.1, 0.15) is 71.8 Å². The highest BCUT2D eigenvalue weighted by molar-refractivity contribution is 7.87. The fraction of sp³-hybridized carbons (Fsp3) is 0.444. The molecule has 8 heteroatoms. The molecule has 7 nitrogen and oxygen atoms in total. The molecule has 6 rings (SSSR count). The Morgan fingerprint density at radius 1 is 1.09 bits per heavy atom. The van der Waals surface area contributed by atoms with Gasteiger partial charge in [-0.3, -0.25) is 4.55 Å². The van der Waals surface area contributed by atoms with Gasteiger partial charge in [0.2, 0.25) is 0 Å². The summed E-state index contributed by atoms with van der Waals surface area (Å²) in [5.41, 5.74) is 5.32. The first-order valence-corrected chi connectivity index (χ1v) is 13.6. The summed E-state index contributed by atoms with van der Waals surface area (Å²) in [5, 5.41) is 1.03. The second-order valence-electron chi connectivity index (χ2n) is 10.2. The molecular weight excluding hydrogens is 466 g/mol. The monoisotopic (exact) mass is 495 g/mol. The molecule has 3 aromatic rings. The average molecular weight is 496 g/mol. The molecule has 2 aliphatic carbocycles. The summed E-state index contributed by atoms with van der Waals surface area (Å²) in [4.78, 5) is 12.4. The van der Waals surface area contributed by atoms with Crippen LogP contribution in [0.3, 0.4) is 0 Å². The summed E-state index contributed by atoms with van der Waals surface area (Å²) in [7, 11) is -1.40. The average Bonchev–Trinajstić information content (AvgIpc) is 3.55. The highest BCUT2D eigenvalue weighted by Gasteiger charge is 2.66. The number of methoxy groups -OCH3 is 2. The molecule has 2 atom stereocenters. The fourth-order valence-electron chi connectivity index (χ4n) is 6.54. The molecule has 2 aromatic carbocycles. The van der Waals surface area contributed by atoms with E-state index in [1.54, 1.807) is 19.2 Å². The lowest BCUT2D eigenvalue weighted by Crippen LogP contribution is -2.29. The molecule has 1 aromatic heterocycles. The predicted octanol–water partition coefficient (Wildman–Crippen LogP) is 5.28. The van der Waals surface area contributed by atoms with E-state index in [1.807, 2.05) is 28.8 Å². The Morgan fingerprint density at radius 2 is 1.86 bits per heavy atom. The van der Waals surface area contributed by atoms with Crippen LogP contribution in [-0.2, 0) is 21.4 Å². The topological polar surface area (TPSA) is 94.8 Å². The molecule has 2 fully saturated rings. The Hall–Kier alpha value is -2.84. The minimum absolute atomic E-state index is 0.136. The van der Waals surface area contributed by atoms with Crippen LogP contribution in [-0.4, -0.2) is 42.5 Å². The summed E-state index contributed by atoms with van der Waals surface area (Å²) in [5.74, 6) is 0.254. The third-order valence-corrected chi connectivity index (χ3v) is 10.00. The molecule has 184 valence electrons. The van der Waals surface area contributed by atoms with Crippen LogP contribution in [0.4, 0.5) is 0 Å². The van der Waals surface area contributed by atoms with Gasteiger partial charge in [-0.15, -0.1) is 0 Å². The molecule has 2 saturated carbocycles. The zero-order valence-corrected chi connectivity index (χ0v) is 20.7. The standard InChI is InChI=1S/C27H29NO6S/c1-33-18-9-11-19-21(13-18)22-14-27(22,35(30,31)32)15-28-23-12-17(26(29)34-2)8-10-20(23)24(25(19)28)16-6-4-3-5-7-16/h8-13,16,22H,3-7,14-15H2,1-2H3,(H,30,31,32). The van der Waals surface area contributed by atoms with Crippen molar-refractivity contribution in [2.45, 2.75) is 61.7 Å². The normalized spacial score (nSPS) is 23.7. The van der Waals surface area contributed by atoms with Crippen LogP contribution < -0.4 is 4.74 Å². The number of rotatable bonds is 4. The lowest BCUT2D eigenvalue weighted by Gasteiger charge is -2.24. The first-order chi connectivity index (χ1) is 16.8. The van der Waals surface area contributed by atoms with E-state index < -0.39 is 20.8 Å². The lowest BCUT2D eigenvalue weighted by molar-refractivity contribution is 0.0601. The maximum absolute atomic E-state index is 12.8. The molecule has 0 bridgehead atoms. The number of nitrogens with zero attached hydrogens (tertiary/aromatic N) is 1. The highest BCUT2D eigenvalue weighted by Crippen LogP contribution is 2.63. The lowest BCUT2D eigenvalue weighted by atomic mass is 9.81. The molecule has 1 N–H and O–H groups in total. The SMILES string of the molecule is COC(=O)c1ccc2c(C3CCCCC3)c3n(c2c1)CC1(S(=O)(=O)O)CC1c1cc(OC)ccc1-3. The van der Waals surface area contributed by atoms with Gasteiger partial charge in [0.15, 0.2) is 0 Å². The van der Waals surface area contributed by atoms with Gasteiger partial charge in [0, 0.05) is 28.9 Å². The number of hydrogen-bond donors (Lipinski definition) is 1. The molecule has 0 amide bonds. The van der Waals surface area contributed by atoms with Gasteiger partial charge < -0.3 is 14.0 Å². The van der Waals surface area contributed by atoms with Crippen LogP contribution in [0.15, 0.2) is 36.4 Å². The van der Waals surface area contributed by atoms with Gasteiger partial charge >= 0.3 is 5.97 Å². The Bertz CT molecular complexity index is 1470. The molecule has 1 aliphatic heterocycles. The van der Waals surface area contributed by atoms with Crippen LogP contribution in [0.5, 0.6) is 5.75 Å². The van der Waals surface area contributed by atoms with Crippen molar-refractivity contribution in [2.24, 2.45) is 0 Å². The molecule has 0 saturated heterocycles. The van der Waals surface area contributed by atoms with Gasteiger partial charge in [0.1, 0.15) is 10.5 Å². The van der Waals surface area contributed by atoms with Crippen molar-refractivity contribution in [1.82, 2.24) is 4.57 Å². The van der Waals surface area contributed by atoms with Gasteiger partial charge in [-0.1, -0.05) is 25.3 Å². The van der Waals surface area contributed by atoms with E-state index >= 15 is 0 Å². The van der Waals surface area contributed by atoms with E-state index in [-0.39, 0.29) is 12.5 Å². The Kier molecular flexibility index (Phi) is 5.06. The van der Waals surface area contributed by atoms with Gasteiger partial charge in [-0.25, -0.2) is 4.79 Å². The van der Waals surface area contributed by atoms with Crippen molar-refractivity contribution in [1.29, 1.82) is 0 Å². The van der Waals surface area contributed by atoms with Crippen molar-refractivity contribution in [3.8, 4) is 17.0 Å². The summed E-state index contributed by atoms with van der Waals surface area (Å²) >= 11 is 0. The number of carbonyl (C=O) groups is 1. The number of benzene rings is 2. The third kappa shape index (κ3) is 3.26. The van der Waals surface area contributed by atoms with Crippen molar-refractivity contribution in [3.05, 3.63) is 53.1 Å². The number of fused-ring (bicyclic) bond motifs is 7. The van der Waals surface area contributed by atoms with Crippen molar-refractivity contribution < 1.29 is 27.2 Å². The molecule has 3 aliphatic rings. The number of ether oxygens (including phenoxy) is 2. The number of aromatic nitrogens is 1. The van der Waals surface area contributed by atoms with Gasteiger partial charge in [0.25, 0.3) is 10.1 Å². The maximum atomic E-state index is 12.8. The van der Waals surface area contributed by atoms with Crippen LogP contribution >= 0.6 is 0 Å². The first kappa shape index (κ1) is 22.6. The van der Waals surface area contributed by atoms with Crippen LogP contribution in [0, 0.1) is 0 Å². The number of esters is 1. The zero-order valence-electron chi connectivity index (χ0n) is 19.9. The molecule has 2 heterocycles. The molecule has 35 heavy (non-hydrogen) atoms. The number of hydrogen-bond acceptors (Lipinski definition) is 5. The summed E-state index contributed by atoms with van der Waals surface area (Å²) in [6.45, 7) is 0.136. The van der Waals surface area contributed by atoms with E-state index in [0.29, 0.717) is 23.7 Å². The maximum Gasteiger partial charge on any atom is 0.337 e. The second-order valence-corrected chi connectivity index (χ2v) is 11.9. The smallest absolute Gasteiger partial charge is 0.337 e. The predicted molar refractivity (Wildman–Crippen MR) is 133 cm³/mol. The van der Waals surface area contributed by atoms with Gasteiger partial charge in [-0.2, -0.15) is 8.42 Å². The Morgan fingerprint density at radius 3 is 2.54 bits per heavy atom. The van der Waals surface area contributed by atoms with E-state index in [0.717, 1.165) is 53.4 Å². The van der Waals surface area contributed by atoms with Gasteiger partial charge in [0.05, 0.1) is 25.5 Å². The summed E-state index contributed by atoms with van der Waals surface area (Å²) in [6.07, 6.45) is 6.03. The number of carbonyl (C=O) groups excluding carboxylic acids is 1. The highest BCUT2D eigenvalue weighted by atomic mass is 32.2. The minimum atomic E-state index is -4.35. The summed E-state index contributed by atoms with van der Waals surface area (Å²) in [6, 6.07) is 11.4. The molecule has 0 spiro atoms. The summed E-state index contributed by atoms with van der Waals surface area (Å²) < 4.78 is 47.2. The largest absolute Gasteiger partial charge is 0.497 e. The van der Waals surface area contributed by atoms with Crippen LogP contribution in [0.2, 0.25) is 0 Å². The zero-order chi connectivity index (χ0) is 24.5. The Balaban J connectivity index is 1.71. The fourth-order valence-corrected chi connectivity index (χ4v) is 7.70. The quantitative estimate of drug-likeness (QED) is 0.391. The Labute approximate surface area is 204 Å². The molecule has 2 unspecified atom stereocenters. The molecular formula is C27H29NO6S.